The summed E-state index contributed by atoms with van der Waals surface area (Å²) < 4.78 is 0. The molecule has 1 nitrogen and oxygen atoms in total. The van der Waals surface area contributed by atoms with Gasteiger partial charge in [-0.25, -0.2) is 0 Å². The van der Waals surface area contributed by atoms with E-state index in [-0.39, 0.29) is 0 Å². The number of benzene rings is 1. The minimum atomic E-state index is 0.510. The van der Waals surface area contributed by atoms with E-state index in [1.54, 1.807) is 11.1 Å². The number of rotatable bonds is 5. The van der Waals surface area contributed by atoms with Gasteiger partial charge in [-0.3, -0.25) is 0 Å². The van der Waals surface area contributed by atoms with Gasteiger partial charge in [0, 0.05) is 15.8 Å². The first-order chi connectivity index (χ1) is 9.69. The smallest absolute Gasteiger partial charge is 0.0420 e. The van der Waals surface area contributed by atoms with Crippen molar-refractivity contribution in [1.29, 1.82) is 0 Å². The van der Waals surface area contributed by atoms with Crippen molar-refractivity contribution >= 4 is 11.3 Å². The van der Waals surface area contributed by atoms with Crippen LogP contribution in [0.15, 0.2) is 30.3 Å². The Morgan fingerprint density at radius 3 is 2.75 bits per heavy atom. The van der Waals surface area contributed by atoms with E-state index in [0.29, 0.717) is 6.04 Å². The molecule has 1 aliphatic carbocycles. The summed E-state index contributed by atoms with van der Waals surface area (Å²) in [5, 5.41) is 3.68. The lowest BCUT2D eigenvalue weighted by Crippen LogP contribution is -2.26. The van der Waals surface area contributed by atoms with E-state index in [2.05, 4.69) is 56.4 Å². The van der Waals surface area contributed by atoms with E-state index in [1.165, 1.54) is 28.2 Å². The fraction of sp³-hybridized carbons (Fsp3) is 0.444. The number of aryl methyl sites for hydroxylation is 2. The standard InChI is InChI=1S/C18H23NS/c1-4-19-17(18-9-12(2)13(3)20-18)11-15-10-14-7-5-6-8-16(14)15/h5-9,15,17,19H,4,10-11H2,1-3H3. The van der Waals surface area contributed by atoms with Crippen LogP contribution in [0.2, 0.25) is 0 Å². The van der Waals surface area contributed by atoms with Gasteiger partial charge in [0.15, 0.2) is 0 Å². The fourth-order valence-corrected chi connectivity index (χ4v) is 4.31. The molecule has 1 aliphatic rings. The van der Waals surface area contributed by atoms with Crippen molar-refractivity contribution in [3.63, 3.8) is 0 Å². The normalized spacial score (nSPS) is 18.4. The third kappa shape index (κ3) is 2.55. The maximum atomic E-state index is 3.68. The molecule has 1 aromatic heterocycles. The summed E-state index contributed by atoms with van der Waals surface area (Å²) in [6.07, 6.45) is 2.48. The Bertz CT molecular complexity index is 580. The molecular formula is C18H23NS. The molecule has 0 saturated heterocycles. The molecule has 2 heteroatoms. The van der Waals surface area contributed by atoms with Crippen LogP contribution >= 0.6 is 11.3 Å². The molecule has 1 aromatic carbocycles. The summed E-state index contributed by atoms with van der Waals surface area (Å²) in [5.41, 5.74) is 4.55. The van der Waals surface area contributed by atoms with Crippen molar-refractivity contribution in [3.8, 4) is 0 Å². The van der Waals surface area contributed by atoms with E-state index in [4.69, 9.17) is 0 Å². The third-order valence-corrected chi connectivity index (χ3v) is 5.73. The molecule has 1 heterocycles. The largest absolute Gasteiger partial charge is 0.310 e. The number of thiophene rings is 1. The molecule has 1 N–H and O–H groups in total. The van der Waals surface area contributed by atoms with Gasteiger partial charge >= 0.3 is 0 Å². The van der Waals surface area contributed by atoms with E-state index in [9.17, 15) is 0 Å². The molecule has 106 valence electrons. The first kappa shape index (κ1) is 13.8. The second-order valence-electron chi connectivity index (χ2n) is 5.83. The molecule has 0 radical (unpaired) electrons. The Morgan fingerprint density at radius 1 is 1.30 bits per heavy atom. The molecule has 20 heavy (non-hydrogen) atoms. The Kier molecular flexibility index (Phi) is 3.95. The lowest BCUT2D eigenvalue weighted by Gasteiger charge is -2.33. The third-order valence-electron chi connectivity index (χ3n) is 4.46. The quantitative estimate of drug-likeness (QED) is 0.836. The predicted octanol–water partition coefficient (Wildman–Crippen LogP) is 4.75. The van der Waals surface area contributed by atoms with Crippen LogP contribution < -0.4 is 5.32 Å². The van der Waals surface area contributed by atoms with Crippen LogP contribution in [0, 0.1) is 13.8 Å². The van der Waals surface area contributed by atoms with Crippen molar-refractivity contribution in [2.75, 3.05) is 6.54 Å². The summed E-state index contributed by atoms with van der Waals surface area (Å²) in [4.78, 5) is 2.96. The van der Waals surface area contributed by atoms with Crippen LogP contribution in [0.1, 0.15) is 51.7 Å². The van der Waals surface area contributed by atoms with Gasteiger partial charge in [-0.2, -0.15) is 0 Å². The average molecular weight is 285 g/mol. The predicted molar refractivity (Wildman–Crippen MR) is 87.7 cm³/mol. The topological polar surface area (TPSA) is 12.0 Å². The van der Waals surface area contributed by atoms with Crippen molar-refractivity contribution in [2.24, 2.45) is 0 Å². The van der Waals surface area contributed by atoms with E-state index in [1.807, 2.05) is 11.3 Å². The molecule has 0 saturated carbocycles. The maximum Gasteiger partial charge on any atom is 0.0420 e. The first-order valence-corrected chi connectivity index (χ1v) is 8.38. The highest BCUT2D eigenvalue weighted by Gasteiger charge is 2.28. The zero-order chi connectivity index (χ0) is 14.1. The SMILES string of the molecule is CCNC(CC1Cc2ccccc21)c1cc(C)c(C)s1. The van der Waals surface area contributed by atoms with Gasteiger partial charge in [0.1, 0.15) is 0 Å². The molecule has 3 rings (SSSR count). The highest BCUT2D eigenvalue weighted by Crippen LogP contribution is 2.42. The zero-order valence-corrected chi connectivity index (χ0v) is 13.4. The summed E-state index contributed by atoms with van der Waals surface area (Å²) in [7, 11) is 0. The van der Waals surface area contributed by atoms with E-state index in [0.717, 1.165) is 12.5 Å². The van der Waals surface area contributed by atoms with E-state index >= 15 is 0 Å². The lowest BCUT2D eigenvalue weighted by atomic mass is 9.74. The van der Waals surface area contributed by atoms with Gasteiger partial charge in [0.05, 0.1) is 0 Å². The second-order valence-corrected chi connectivity index (χ2v) is 7.12. The summed E-state index contributed by atoms with van der Waals surface area (Å²) in [6.45, 7) is 7.69. The van der Waals surface area contributed by atoms with Gasteiger partial charge in [0.2, 0.25) is 0 Å². The molecule has 2 aromatic rings. The molecular weight excluding hydrogens is 262 g/mol. The van der Waals surface area contributed by atoms with Gasteiger partial charge in [-0.05, 0) is 61.9 Å². The summed E-state index contributed by atoms with van der Waals surface area (Å²) in [5.74, 6) is 0.734. The minimum Gasteiger partial charge on any atom is -0.310 e. The molecule has 0 amide bonds. The van der Waals surface area contributed by atoms with Gasteiger partial charge in [-0.1, -0.05) is 31.2 Å². The molecule has 2 atom stereocenters. The van der Waals surface area contributed by atoms with Crippen molar-refractivity contribution in [2.45, 2.75) is 45.6 Å². The summed E-state index contributed by atoms with van der Waals surface area (Å²) in [6, 6.07) is 11.8. The van der Waals surface area contributed by atoms with Crippen LogP contribution in [0.4, 0.5) is 0 Å². The first-order valence-electron chi connectivity index (χ1n) is 7.57. The molecule has 2 unspecified atom stereocenters. The number of hydrogen-bond donors (Lipinski definition) is 1. The van der Waals surface area contributed by atoms with Gasteiger partial charge in [0.25, 0.3) is 0 Å². The number of fused-ring (bicyclic) bond motifs is 1. The highest BCUT2D eigenvalue weighted by molar-refractivity contribution is 7.12. The van der Waals surface area contributed by atoms with Crippen LogP contribution in [0.3, 0.4) is 0 Å². The fourth-order valence-electron chi connectivity index (χ4n) is 3.18. The van der Waals surface area contributed by atoms with Crippen molar-refractivity contribution in [3.05, 3.63) is 56.8 Å². The monoisotopic (exact) mass is 285 g/mol. The lowest BCUT2D eigenvalue weighted by molar-refractivity contribution is 0.440. The Hall–Kier alpha value is -1.12. The zero-order valence-electron chi connectivity index (χ0n) is 12.6. The van der Waals surface area contributed by atoms with E-state index < -0.39 is 0 Å². The van der Waals surface area contributed by atoms with Crippen molar-refractivity contribution < 1.29 is 0 Å². The van der Waals surface area contributed by atoms with Crippen molar-refractivity contribution in [1.82, 2.24) is 5.32 Å². The number of nitrogens with one attached hydrogen (secondary N) is 1. The highest BCUT2D eigenvalue weighted by atomic mass is 32.1. The number of hydrogen-bond acceptors (Lipinski definition) is 2. The second kappa shape index (κ2) is 5.71. The Labute approximate surface area is 126 Å². The van der Waals surface area contributed by atoms with Crippen LogP contribution in [-0.4, -0.2) is 6.54 Å². The molecule has 0 fully saturated rings. The maximum absolute atomic E-state index is 3.68. The van der Waals surface area contributed by atoms with Crippen LogP contribution in [-0.2, 0) is 6.42 Å². The minimum absolute atomic E-state index is 0.510. The average Bonchev–Trinajstić information content (AvgIpc) is 2.75. The van der Waals surface area contributed by atoms with Crippen LogP contribution in [0.25, 0.3) is 0 Å². The molecule has 0 aliphatic heterocycles. The molecule has 0 bridgehead atoms. The van der Waals surface area contributed by atoms with Gasteiger partial charge < -0.3 is 5.32 Å². The molecule has 0 spiro atoms. The Morgan fingerprint density at radius 2 is 2.10 bits per heavy atom. The van der Waals surface area contributed by atoms with Crippen LogP contribution in [0.5, 0.6) is 0 Å². The van der Waals surface area contributed by atoms with Gasteiger partial charge in [-0.15, -0.1) is 11.3 Å². The summed E-state index contributed by atoms with van der Waals surface area (Å²) >= 11 is 1.96. The Balaban J connectivity index is 1.76.